The second-order valence-corrected chi connectivity index (χ2v) is 6.87. The molecule has 1 aliphatic carbocycles. The minimum Gasteiger partial charge on any atom is -0.469 e. The van der Waals surface area contributed by atoms with Crippen LogP contribution in [0.25, 0.3) is 0 Å². The van der Waals surface area contributed by atoms with Crippen molar-refractivity contribution in [2.75, 3.05) is 18.6 Å². The summed E-state index contributed by atoms with van der Waals surface area (Å²) in [5.41, 5.74) is 0.355. The Hall–Kier alpha value is -1.95. The molecule has 1 aromatic rings. The number of benzene rings is 1. The van der Waals surface area contributed by atoms with Gasteiger partial charge >= 0.3 is 5.97 Å². The molecule has 1 N–H and O–H groups in total. The summed E-state index contributed by atoms with van der Waals surface area (Å²) in [6.45, 7) is 0.549. The molecule has 25 heavy (non-hydrogen) atoms. The molecule has 1 atom stereocenters. The topological polar surface area (TPSA) is 58.6 Å². The summed E-state index contributed by atoms with van der Waals surface area (Å²) in [5.74, 6) is -0.598. The van der Waals surface area contributed by atoms with E-state index in [2.05, 4.69) is 5.32 Å². The Kier molecular flexibility index (Phi) is 5.68. The minimum atomic E-state index is -0.366. The normalized spacial score (nSPS) is 27.2. The summed E-state index contributed by atoms with van der Waals surface area (Å²) in [6.07, 6.45) is 4.87. The van der Waals surface area contributed by atoms with E-state index >= 15 is 0 Å². The van der Waals surface area contributed by atoms with Crippen LogP contribution in [0.4, 0.5) is 10.1 Å². The molecule has 1 aromatic carbocycles. The molecule has 5 nitrogen and oxygen atoms in total. The standard InChI is InChI=1S/C19H25FN2O3/c1-25-19(24)13-8-10-14(11-9-13)21-16-6-4-12-22(18(16)23)17-7-3-2-5-15(17)20/h2-3,5,7,13-14,16,21H,4,6,8-12H2,1H3/t13?,14?,16-/m0/s1. The first kappa shape index (κ1) is 17.9. The van der Waals surface area contributed by atoms with Crippen LogP contribution in [0.1, 0.15) is 38.5 Å². The molecular formula is C19H25FN2O3. The van der Waals surface area contributed by atoms with E-state index < -0.39 is 0 Å². The number of rotatable bonds is 4. The van der Waals surface area contributed by atoms with Gasteiger partial charge in [0.25, 0.3) is 0 Å². The van der Waals surface area contributed by atoms with Crippen LogP contribution in [0.3, 0.4) is 0 Å². The molecule has 0 unspecified atom stereocenters. The molecule has 1 saturated heterocycles. The van der Waals surface area contributed by atoms with Gasteiger partial charge in [-0.05, 0) is 50.7 Å². The van der Waals surface area contributed by atoms with Gasteiger partial charge in [0.2, 0.25) is 5.91 Å². The van der Waals surface area contributed by atoms with Crippen molar-refractivity contribution in [1.29, 1.82) is 0 Å². The fourth-order valence-electron chi connectivity index (χ4n) is 3.89. The van der Waals surface area contributed by atoms with Gasteiger partial charge in [-0.1, -0.05) is 12.1 Å². The molecule has 3 rings (SSSR count). The largest absolute Gasteiger partial charge is 0.469 e. The van der Waals surface area contributed by atoms with Crippen molar-refractivity contribution in [2.45, 2.75) is 50.6 Å². The lowest BCUT2D eigenvalue weighted by atomic mass is 9.85. The molecule has 6 heteroatoms. The lowest BCUT2D eigenvalue weighted by Gasteiger charge is -2.36. The van der Waals surface area contributed by atoms with Gasteiger partial charge in [0.05, 0.1) is 24.8 Å². The third-order valence-corrected chi connectivity index (χ3v) is 5.28. The lowest BCUT2D eigenvalue weighted by Crippen LogP contribution is -2.54. The predicted octanol–water partition coefficient (Wildman–Crippen LogP) is 2.64. The van der Waals surface area contributed by atoms with Crippen LogP contribution in [0.2, 0.25) is 0 Å². The average Bonchev–Trinajstić information content (AvgIpc) is 2.64. The molecule has 2 fully saturated rings. The van der Waals surface area contributed by atoms with Crippen LogP contribution < -0.4 is 10.2 Å². The summed E-state index contributed by atoms with van der Waals surface area (Å²) in [5, 5.41) is 3.44. The number of amides is 1. The number of esters is 1. The fourth-order valence-corrected chi connectivity index (χ4v) is 3.89. The number of carbonyl (C=O) groups excluding carboxylic acids is 2. The number of nitrogens with zero attached hydrogens (tertiary/aromatic N) is 1. The quantitative estimate of drug-likeness (QED) is 0.850. The second kappa shape index (κ2) is 7.95. The maximum atomic E-state index is 14.0. The summed E-state index contributed by atoms with van der Waals surface area (Å²) >= 11 is 0. The average molecular weight is 348 g/mol. The van der Waals surface area contributed by atoms with E-state index in [1.54, 1.807) is 23.1 Å². The summed E-state index contributed by atoms with van der Waals surface area (Å²) < 4.78 is 18.8. The van der Waals surface area contributed by atoms with Gasteiger partial charge in [-0.3, -0.25) is 9.59 Å². The van der Waals surface area contributed by atoms with Gasteiger partial charge in [-0.2, -0.15) is 0 Å². The zero-order chi connectivity index (χ0) is 17.8. The molecule has 2 aliphatic rings. The van der Waals surface area contributed by atoms with Crippen LogP contribution in [-0.4, -0.2) is 37.6 Å². The smallest absolute Gasteiger partial charge is 0.308 e. The number of ether oxygens (including phenoxy) is 1. The van der Waals surface area contributed by atoms with Crippen molar-refractivity contribution in [1.82, 2.24) is 5.32 Å². The summed E-state index contributed by atoms with van der Waals surface area (Å²) in [7, 11) is 1.42. The van der Waals surface area contributed by atoms with Gasteiger partial charge < -0.3 is 15.0 Å². The number of anilines is 1. The highest BCUT2D eigenvalue weighted by Gasteiger charge is 2.34. The number of halogens is 1. The third kappa shape index (κ3) is 4.00. The minimum absolute atomic E-state index is 0.0278. The molecule has 1 saturated carbocycles. The van der Waals surface area contributed by atoms with E-state index in [-0.39, 0.29) is 35.7 Å². The van der Waals surface area contributed by atoms with Crippen molar-refractivity contribution in [3.63, 3.8) is 0 Å². The van der Waals surface area contributed by atoms with Gasteiger partial charge in [0.1, 0.15) is 5.82 Å². The Bertz CT molecular complexity index is 629. The van der Waals surface area contributed by atoms with E-state index in [9.17, 15) is 14.0 Å². The first-order chi connectivity index (χ1) is 12.1. The molecule has 0 spiro atoms. The fraction of sp³-hybridized carbons (Fsp3) is 0.579. The van der Waals surface area contributed by atoms with Crippen LogP contribution in [-0.2, 0) is 14.3 Å². The van der Waals surface area contributed by atoms with Gasteiger partial charge in [0.15, 0.2) is 0 Å². The molecule has 136 valence electrons. The second-order valence-electron chi connectivity index (χ2n) is 6.87. The van der Waals surface area contributed by atoms with E-state index in [0.717, 1.165) is 38.5 Å². The number of nitrogens with one attached hydrogen (secondary N) is 1. The van der Waals surface area contributed by atoms with E-state index in [4.69, 9.17) is 4.74 Å². The maximum Gasteiger partial charge on any atom is 0.308 e. The number of carbonyl (C=O) groups is 2. The Labute approximate surface area is 147 Å². The number of hydrogen-bond donors (Lipinski definition) is 1. The monoisotopic (exact) mass is 348 g/mol. The van der Waals surface area contributed by atoms with Crippen molar-refractivity contribution in [2.24, 2.45) is 5.92 Å². The highest BCUT2D eigenvalue weighted by atomic mass is 19.1. The first-order valence-electron chi connectivity index (χ1n) is 9.00. The maximum absolute atomic E-state index is 14.0. The molecular weight excluding hydrogens is 323 g/mol. The Morgan fingerprint density at radius 3 is 2.60 bits per heavy atom. The van der Waals surface area contributed by atoms with Gasteiger partial charge in [-0.15, -0.1) is 0 Å². The van der Waals surface area contributed by atoms with Crippen molar-refractivity contribution in [3.05, 3.63) is 30.1 Å². The van der Waals surface area contributed by atoms with E-state index in [1.807, 2.05) is 0 Å². The number of hydrogen-bond acceptors (Lipinski definition) is 4. The summed E-state index contributed by atoms with van der Waals surface area (Å²) in [6, 6.07) is 6.34. The van der Waals surface area contributed by atoms with Crippen molar-refractivity contribution >= 4 is 17.6 Å². The molecule has 1 amide bonds. The van der Waals surface area contributed by atoms with Gasteiger partial charge in [-0.25, -0.2) is 4.39 Å². The Morgan fingerprint density at radius 1 is 1.20 bits per heavy atom. The van der Waals surface area contributed by atoms with Crippen LogP contribution in [0.15, 0.2) is 24.3 Å². The highest BCUT2D eigenvalue weighted by molar-refractivity contribution is 5.98. The number of piperidine rings is 1. The van der Waals surface area contributed by atoms with Crippen LogP contribution in [0, 0.1) is 11.7 Å². The Morgan fingerprint density at radius 2 is 1.92 bits per heavy atom. The zero-order valence-electron chi connectivity index (χ0n) is 14.5. The van der Waals surface area contributed by atoms with E-state index in [0.29, 0.717) is 12.2 Å². The summed E-state index contributed by atoms with van der Waals surface area (Å²) in [4.78, 5) is 26.0. The molecule has 0 bridgehead atoms. The van der Waals surface area contributed by atoms with Gasteiger partial charge in [0, 0.05) is 12.6 Å². The zero-order valence-corrected chi connectivity index (χ0v) is 14.5. The van der Waals surface area contributed by atoms with Crippen LogP contribution >= 0.6 is 0 Å². The molecule has 1 heterocycles. The molecule has 1 aliphatic heterocycles. The Balaban J connectivity index is 1.59. The lowest BCUT2D eigenvalue weighted by molar-refractivity contribution is -0.146. The molecule has 0 aromatic heterocycles. The van der Waals surface area contributed by atoms with E-state index in [1.165, 1.54) is 13.2 Å². The van der Waals surface area contributed by atoms with Crippen LogP contribution in [0.5, 0.6) is 0 Å². The SMILES string of the molecule is COC(=O)C1CCC(N[C@H]2CCCN(c3ccccc3F)C2=O)CC1. The highest BCUT2D eigenvalue weighted by Crippen LogP contribution is 2.28. The third-order valence-electron chi connectivity index (χ3n) is 5.28. The number of para-hydroxylation sites is 1. The first-order valence-corrected chi connectivity index (χ1v) is 9.00. The molecule has 0 radical (unpaired) electrons. The van der Waals surface area contributed by atoms with Crippen molar-refractivity contribution < 1.29 is 18.7 Å². The number of methoxy groups -OCH3 is 1. The van der Waals surface area contributed by atoms with Crippen molar-refractivity contribution in [3.8, 4) is 0 Å². The predicted molar refractivity (Wildman–Crippen MR) is 92.7 cm³/mol.